The smallest absolute Gasteiger partial charge is 0.344 e. The van der Waals surface area contributed by atoms with Crippen LogP contribution < -0.4 is 10.4 Å². The van der Waals surface area contributed by atoms with Crippen LogP contribution in [0.1, 0.15) is 112 Å². The highest BCUT2D eigenvalue weighted by atomic mass is 16.6. The van der Waals surface area contributed by atoms with Gasteiger partial charge in [0.2, 0.25) is 0 Å². The minimum absolute atomic E-state index is 0.105. The second kappa shape index (κ2) is 14.4. The molecule has 0 unspecified atom stereocenters. The second-order valence-electron chi connectivity index (χ2n) is 17.4. The molecular formula is C45H58O5. The van der Waals surface area contributed by atoms with Crippen LogP contribution in [0.2, 0.25) is 0 Å². The lowest BCUT2D eigenvalue weighted by Gasteiger charge is -2.61. The van der Waals surface area contributed by atoms with Crippen molar-refractivity contribution in [2.24, 2.45) is 46.3 Å². The lowest BCUT2D eigenvalue weighted by atomic mass is 9.44. The average Bonchev–Trinajstić information content (AvgIpc) is 3.09. The number of hydrogen-bond donors (Lipinski definition) is 0. The normalized spacial score (nSPS) is 31.2. The van der Waals surface area contributed by atoms with Gasteiger partial charge in [-0.3, -0.25) is 0 Å². The number of allylic oxidation sites excluding steroid dienone is 1. The van der Waals surface area contributed by atoms with Gasteiger partial charge in [0.15, 0.2) is 6.61 Å². The fraction of sp³-hybridized carbons (Fsp3) is 0.600. The maximum atomic E-state index is 13.0. The van der Waals surface area contributed by atoms with Crippen molar-refractivity contribution in [2.75, 3.05) is 6.61 Å². The zero-order chi connectivity index (χ0) is 35.0. The molecule has 4 aliphatic rings. The van der Waals surface area contributed by atoms with Crippen LogP contribution in [0.3, 0.4) is 0 Å². The van der Waals surface area contributed by atoms with Crippen LogP contribution >= 0.6 is 0 Å². The Morgan fingerprint density at radius 2 is 1.76 bits per heavy atom. The van der Waals surface area contributed by atoms with Crippen LogP contribution in [0.25, 0.3) is 22.1 Å². The van der Waals surface area contributed by atoms with Crippen molar-refractivity contribution >= 4 is 16.9 Å². The first-order valence-corrected chi connectivity index (χ1v) is 19.7. The molecule has 5 nitrogen and oxygen atoms in total. The molecule has 1 aromatic heterocycles. The summed E-state index contributed by atoms with van der Waals surface area (Å²) in [6, 6.07) is 16.7. The predicted molar refractivity (Wildman–Crippen MR) is 201 cm³/mol. The summed E-state index contributed by atoms with van der Waals surface area (Å²) in [5.74, 6) is 5.07. The molecule has 4 aliphatic carbocycles. The van der Waals surface area contributed by atoms with Gasteiger partial charge in [-0.2, -0.15) is 0 Å². The van der Waals surface area contributed by atoms with E-state index in [1.165, 1.54) is 69.4 Å². The molecule has 0 N–H and O–H groups in total. The third-order valence-electron chi connectivity index (χ3n) is 13.9. The van der Waals surface area contributed by atoms with Crippen LogP contribution in [-0.2, 0) is 9.53 Å². The van der Waals surface area contributed by atoms with Crippen molar-refractivity contribution in [2.45, 2.75) is 118 Å². The molecule has 268 valence electrons. The van der Waals surface area contributed by atoms with Gasteiger partial charge in [0.25, 0.3) is 0 Å². The van der Waals surface area contributed by atoms with Gasteiger partial charge < -0.3 is 13.9 Å². The van der Waals surface area contributed by atoms with E-state index in [9.17, 15) is 9.59 Å². The summed E-state index contributed by atoms with van der Waals surface area (Å²) in [5.41, 5.74) is 3.99. The molecule has 1 heterocycles. The highest BCUT2D eigenvalue weighted by molar-refractivity contribution is 5.93. The maximum absolute atomic E-state index is 13.0. The van der Waals surface area contributed by atoms with E-state index < -0.39 is 5.63 Å². The third kappa shape index (κ3) is 7.08. The highest BCUT2D eigenvalue weighted by Crippen LogP contribution is 2.65. The van der Waals surface area contributed by atoms with Crippen LogP contribution in [0.15, 0.2) is 75.5 Å². The van der Waals surface area contributed by atoms with Gasteiger partial charge in [-0.1, -0.05) is 95.9 Å². The minimum Gasteiger partial charge on any atom is -0.482 e. The van der Waals surface area contributed by atoms with E-state index in [1.807, 2.05) is 42.5 Å². The van der Waals surface area contributed by atoms with Gasteiger partial charge in [-0.25, -0.2) is 9.59 Å². The first-order chi connectivity index (χ1) is 24.0. The van der Waals surface area contributed by atoms with Crippen LogP contribution in [0, 0.1) is 46.3 Å². The van der Waals surface area contributed by atoms with E-state index >= 15 is 0 Å². The molecule has 0 saturated heterocycles. The molecule has 50 heavy (non-hydrogen) atoms. The summed E-state index contributed by atoms with van der Waals surface area (Å²) in [6.45, 7) is 12.3. The molecule has 3 aromatic rings. The minimum atomic E-state index is -0.423. The molecule has 0 radical (unpaired) electrons. The van der Waals surface area contributed by atoms with E-state index in [0.29, 0.717) is 16.7 Å². The Bertz CT molecular complexity index is 1750. The SMILES string of the molecule is CC(C)CCC[C@@H](C)[C@@H]1CC[C@H]2[C@H]3CC=C4C[C@H](OC(=O)COc5ccc6c(-c7ccccc7)cc(=O)oc6c5)CC[C@]4(C)[C@@H]3CC[C@]2(C)C1. The zero-order valence-corrected chi connectivity index (χ0v) is 31.0. The Morgan fingerprint density at radius 3 is 2.56 bits per heavy atom. The van der Waals surface area contributed by atoms with Crippen molar-refractivity contribution in [3.63, 3.8) is 0 Å². The quantitative estimate of drug-likeness (QED) is 0.121. The topological polar surface area (TPSA) is 65.7 Å². The third-order valence-corrected chi connectivity index (χ3v) is 13.9. The molecule has 3 fully saturated rings. The van der Waals surface area contributed by atoms with Gasteiger partial charge >= 0.3 is 11.6 Å². The number of rotatable bonds is 10. The standard InChI is InChI=1S/C45H58O5/c1-29(2)10-9-11-30(3)32-14-19-39-37-17-15-33-24-35(20-23-45(33,5)40(37)21-22-44(39,4)27-32)49-43(47)28-48-34-16-18-36-38(31-12-7-6-8-13-31)26-42(46)50-41(36)25-34/h6-8,12-13,15-16,18,25-26,29-30,32,35,37,39-40H,9-11,14,17,19-24,27-28H2,1-5H3/t30-,32-,35-,37-,39+,40-,44-,45+/m1/s1. The molecule has 7 rings (SSSR count). The summed E-state index contributed by atoms with van der Waals surface area (Å²) < 4.78 is 17.4. The highest BCUT2D eigenvalue weighted by Gasteiger charge is 2.56. The van der Waals surface area contributed by atoms with E-state index in [-0.39, 0.29) is 24.1 Å². The summed E-state index contributed by atoms with van der Waals surface area (Å²) >= 11 is 0. The van der Waals surface area contributed by atoms with Crippen molar-refractivity contribution in [1.82, 2.24) is 0 Å². The van der Waals surface area contributed by atoms with Crippen LogP contribution in [0.4, 0.5) is 0 Å². The van der Waals surface area contributed by atoms with Gasteiger partial charge in [0.05, 0.1) is 0 Å². The van der Waals surface area contributed by atoms with E-state index in [2.05, 4.69) is 40.7 Å². The van der Waals surface area contributed by atoms with Crippen molar-refractivity contribution in [1.29, 1.82) is 0 Å². The molecule has 0 spiro atoms. The molecule has 5 heteroatoms. The molecule has 3 saturated carbocycles. The molecule has 0 bridgehead atoms. The van der Waals surface area contributed by atoms with Gasteiger partial charge in [-0.15, -0.1) is 0 Å². The van der Waals surface area contributed by atoms with Crippen molar-refractivity contribution in [3.05, 3.63) is 76.7 Å². The number of benzene rings is 2. The van der Waals surface area contributed by atoms with Gasteiger partial charge in [-0.05, 0) is 121 Å². The number of esters is 1. The Hall–Kier alpha value is -3.34. The molecule has 2 aromatic carbocycles. The average molecular weight is 679 g/mol. The predicted octanol–water partition coefficient (Wildman–Crippen LogP) is 11.2. The molecule has 0 amide bonds. The van der Waals surface area contributed by atoms with Gasteiger partial charge in [0.1, 0.15) is 17.4 Å². The summed E-state index contributed by atoms with van der Waals surface area (Å²) in [6.07, 6.45) is 17.6. The number of fused-ring (bicyclic) bond motifs is 6. The number of ether oxygens (including phenoxy) is 2. The Kier molecular flexibility index (Phi) is 10.1. The molecule has 0 aliphatic heterocycles. The summed E-state index contributed by atoms with van der Waals surface area (Å²) in [7, 11) is 0. The zero-order valence-electron chi connectivity index (χ0n) is 31.0. The largest absolute Gasteiger partial charge is 0.482 e. The Labute approximate surface area is 299 Å². The van der Waals surface area contributed by atoms with Crippen LogP contribution in [0.5, 0.6) is 5.75 Å². The fourth-order valence-corrected chi connectivity index (χ4v) is 11.1. The lowest BCUT2D eigenvalue weighted by molar-refractivity contribution is -0.154. The summed E-state index contributed by atoms with van der Waals surface area (Å²) in [4.78, 5) is 25.4. The fourth-order valence-electron chi connectivity index (χ4n) is 11.1. The van der Waals surface area contributed by atoms with E-state index in [1.54, 1.807) is 6.07 Å². The Morgan fingerprint density at radius 1 is 0.940 bits per heavy atom. The van der Waals surface area contributed by atoms with Crippen molar-refractivity contribution < 1.29 is 18.7 Å². The monoisotopic (exact) mass is 678 g/mol. The molecular weight excluding hydrogens is 620 g/mol. The second-order valence-corrected chi connectivity index (χ2v) is 17.4. The number of hydrogen-bond acceptors (Lipinski definition) is 5. The first-order valence-electron chi connectivity index (χ1n) is 19.7. The lowest BCUT2D eigenvalue weighted by Crippen LogP contribution is -2.52. The van der Waals surface area contributed by atoms with E-state index in [4.69, 9.17) is 13.9 Å². The Balaban J connectivity index is 0.945. The van der Waals surface area contributed by atoms with Gasteiger partial charge in [0, 0.05) is 23.9 Å². The number of carbonyl (C=O) groups excluding carboxylic acids is 1. The first kappa shape index (κ1) is 35.1. The maximum Gasteiger partial charge on any atom is 0.344 e. The summed E-state index contributed by atoms with van der Waals surface area (Å²) in [5, 5.41) is 0.816. The van der Waals surface area contributed by atoms with Crippen LogP contribution in [-0.4, -0.2) is 18.7 Å². The van der Waals surface area contributed by atoms with E-state index in [0.717, 1.165) is 71.3 Å². The molecule has 8 atom stereocenters. The van der Waals surface area contributed by atoms with Crippen molar-refractivity contribution in [3.8, 4) is 16.9 Å². The number of carbonyl (C=O) groups is 1.